The molecule has 2 aromatic heterocycles. The molecule has 29 heavy (non-hydrogen) atoms. The number of aryl methyl sites for hydroxylation is 1. The van der Waals surface area contributed by atoms with Crippen molar-refractivity contribution in [3.8, 4) is 10.7 Å². The van der Waals surface area contributed by atoms with Crippen molar-refractivity contribution in [2.45, 2.75) is 27.2 Å². The number of nitrogens with one attached hydrogen (secondary N) is 2. The van der Waals surface area contributed by atoms with Gasteiger partial charge >= 0.3 is 0 Å². The summed E-state index contributed by atoms with van der Waals surface area (Å²) in [5.74, 6) is 0.134. The predicted molar refractivity (Wildman–Crippen MR) is 116 cm³/mol. The summed E-state index contributed by atoms with van der Waals surface area (Å²) in [5, 5.41) is 8.46. The second-order valence-electron chi connectivity index (χ2n) is 7.22. The Morgan fingerprint density at radius 2 is 2.00 bits per heavy atom. The van der Waals surface area contributed by atoms with Gasteiger partial charge in [0.15, 0.2) is 0 Å². The van der Waals surface area contributed by atoms with Crippen molar-refractivity contribution >= 4 is 28.8 Å². The largest absolute Gasteiger partial charge is 0.352 e. The smallest absolute Gasteiger partial charge is 0.251 e. The first kappa shape index (κ1) is 20.7. The van der Waals surface area contributed by atoms with Crippen molar-refractivity contribution in [1.29, 1.82) is 0 Å². The highest BCUT2D eigenvalue weighted by atomic mass is 32.1. The molecule has 0 aliphatic heterocycles. The van der Waals surface area contributed by atoms with E-state index in [1.165, 1.54) is 11.3 Å². The Hall–Kier alpha value is -3.06. The van der Waals surface area contributed by atoms with Gasteiger partial charge in [-0.3, -0.25) is 14.6 Å². The Bertz CT molecular complexity index is 999. The molecular formula is C22H24N4O2S. The Morgan fingerprint density at radius 1 is 1.17 bits per heavy atom. The van der Waals surface area contributed by atoms with E-state index >= 15 is 0 Å². The number of nitrogens with zero attached hydrogens (tertiary/aromatic N) is 2. The minimum absolute atomic E-state index is 0.107. The number of thiazole rings is 1. The van der Waals surface area contributed by atoms with E-state index in [9.17, 15) is 9.59 Å². The van der Waals surface area contributed by atoms with Gasteiger partial charge in [-0.2, -0.15) is 0 Å². The van der Waals surface area contributed by atoms with Crippen LogP contribution < -0.4 is 10.6 Å². The van der Waals surface area contributed by atoms with Gasteiger partial charge in [0.1, 0.15) is 5.01 Å². The third-order valence-corrected chi connectivity index (χ3v) is 5.12. The number of anilines is 1. The highest BCUT2D eigenvalue weighted by Crippen LogP contribution is 2.22. The van der Waals surface area contributed by atoms with Gasteiger partial charge < -0.3 is 10.6 Å². The van der Waals surface area contributed by atoms with Crippen molar-refractivity contribution in [3.05, 3.63) is 64.8 Å². The average Bonchev–Trinajstić information content (AvgIpc) is 3.16. The van der Waals surface area contributed by atoms with Crippen molar-refractivity contribution in [3.63, 3.8) is 0 Å². The molecule has 7 heteroatoms. The molecule has 0 saturated heterocycles. The molecule has 0 spiro atoms. The molecule has 0 unspecified atom stereocenters. The van der Waals surface area contributed by atoms with Crippen LogP contribution in [0.5, 0.6) is 0 Å². The summed E-state index contributed by atoms with van der Waals surface area (Å²) < 4.78 is 0. The topological polar surface area (TPSA) is 84.0 Å². The maximum Gasteiger partial charge on any atom is 0.251 e. The van der Waals surface area contributed by atoms with Crippen LogP contribution in [0.3, 0.4) is 0 Å². The van der Waals surface area contributed by atoms with Gasteiger partial charge in [0.05, 0.1) is 17.8 Å². The lowest BCUT2D eigenvalue weighted by Gasteiger charge is -2.11. The van der Waals surface area contributed by atoms with E-state index in [-0.39, 0.29) is 18.2 Å². The first-order chi connectivity index (χ1) is 13.9. The molecule has 3 aromatic rings. The second-order valence-corrected chi connectivity index (χ2v) is 8.08. The highest BCUT2D eigenvalue weighted by Gasteiger charge is 2.12. The summed E-state index contributed by atoms with van der Waals surface area (Å²) in [6.07, 6.45) is 1.90. The maximum absolute atomic E-state index is 12.4. The summed E-state index contributed by atoms with van der Waals surface area (Å²) >= 11 is 1.47. The molecule has 6 nitrogen and oxygen atoms in total. The molecule has 3 rings (SSSR count). The number of hydrogen-bond donors (Lipinski definition) is 2. The van der Waals surface area contributed by atoms with Gasteiger partial charge in [0, 0.05) is 29.4 Å². The standard InChI is InChI=1S/C22H24N4O2S/c1-14(2)12-24-21(28)16-7-8-18(15(3)10-16)26-20(27)11-17-13-29-22(25-17)19-6-4-5-9-23-19/h4-10,13-14H,11-12H2,1-3H3,(H,24,28)(H,26,27). The number of rotatable bonds is 7. The number of aromatic nitrogens is 2. The van der Waals surface area contributed by atoms with E-state index in [4.69, 9.17) is 0 Å². The van der Waals surface area contributed by atoms with E-state index < -0.39 is 0 Å². The monoisotopic (exact) mass is 408 g/mol. The fourth-order valence-corrected chi connectivity index (χ4v) is 3.49. The number of amides is 2. The van der Waals surface area contributed by atoms with Crippen LogP contribution in [-0.2, 0) is 11.2 Å². The number of hydrogen-bond acceptors (Lipinski definition) is 5. The Kier molecular flexibility index (Phi) is 6.72. The van der Waals surface area contributed by atoms with Crippen LogP contribution in [0.15, 0.2) is 48.0 Å². The molecule has 2 amide bonds. The zero-order valence-electron chi connectivity index (χ0n) is 16.7. The molecule has 0 bridgehead atoms. The average molecular weight is 409 g/mol. The first-order valence-electron chi connectivity index (χ1n) is 9.47. The molecule has 0 atom stereocenters. The van der Waals surface area contributed by atoms with E-state index in [0.717, 1.165) is 16.3 Å². The fraction of sp³-hybridized carbons (Fsp3) is 0.273. The van der Waals surface area contributed by atoms with Crippen LogP contribution in [0, 0.1) is 12.8 Å². The molecule has 0 aliphatic rings. The molecule has 0 fully saturated rings. The molecule has 0 saturated carbocycles. The summed E-state index contributed by atoms with van der Waals surface area (Å²) in [6, 6.07) is 10.9. The van der Waals surface area contributed by atoms with Crippen LogP contribution in [-0.4, -0.2) is 28.3 Å². The van der Waals surface area contributed by atoms with Crippen molar-refractivity contribution in [2.75, 3.05) is 11.9 Å². The minimum atomic E-state index is -0.150. The number of pyridine rings is 1. The molecule has 0 radical (unpaired) electrons. The lowest BCUT2D eigenvalue weighted by atomic mass is 10.1. The van der Waals surface area contributed by atoms with Gasteiger partial charge in [-0.1, -0.05) is 19.9 Å². The minimum Gasteiger partial charge on any atom is -0.352 e. The van der Waals surface area contributed by atoms with Crippen LogP contribution >= 0.6 is 11.3 Å². The third kappa shape index (κ3) is 5.71. The molecule has 0 aliphatic carbocycles. The number of carbonyl (C=O) groups excluding carboxylic acids is 2. The van der Waals surface area contributed by atoms with E-state index in [0.29, 0.717) is 29.4 Å². The van der Waals surface area contributed by atoms with Crippen molar-refractivity contribution in [2.24, 2.45) is 5.92 Å². The number of benzene rings is 1. The summed E-state index contributed by atoms with van der Waals surface area (Å²) in [4.78, 5) is 33.4. The normalized spacial score (nSPS) is 10.8. The highest BCUT2D eigenvalue weighted by molar-refractivity contribution is 7.13. The quantitative estimate of drug-likeness (QED) is 0.617. The Morgan fingerprint density at radius 3 is 2.69 bits per heavy atom. The lowest BCUT2D eigenvalue weighted by Crippen LogP contribution is -2.27. The van der Waals surface area contributed by atoms with Gasteiger partial charge in [-0.15, -0.1) is 11.3 Å². The van der Waals surface area contributed by atoms with E-state index in [1.54, 1.807) is 24.4 Å². The van der Waals surface area contributed by atoms with Crippen LogP contribution in [0.25, 0.3) is 10.7 Å². The Labute approximate surface area is 174 Å². The molecule has 150 valence electrons. The molecule has 2 heterocycles. The van der Waals surface area contributed by atoms with Crippen molar-refractivity contribution in [1.82, 2.24) is 15.3 Å². The molecular weight excluding hydrogens is 384 g/mol. The SMILES string of the molecule is Cc1cc(C(=O)NCC(C)C)ccc1NC(=O)Cc1csc(-c2ccccn2)n1. The van der Waals surface area contributed by atoms with Crippen LogP contribution in [0.1, 0.15) is 35.5 Å². The van der Waals surface area contributed by atoms with Crippen LogP contribution in [0.2, 0.25) is 0 Å². The van der Waals surface area contributed by atoms with E-state index in [2.05, 4.69) is 20.6 Å². The fourth-order valence-electron chi connectivity index (χ4n) is 2.70. The zero-order chi connectivity index (χ0) is 20.8. The summed E-state index contributed by atoms with van der Waals surface area (Å²) in [5.41, 5.74) is 3.61. The Balaban J connectivity index is 1.61. The third-order valence-electron chi connectivity index (χ3n) is 4.21. The molecule has 1 aromatic carbocycles. The van der Waals surface area contributed by atoms with Crippen molar-refractivity contribution < 1.29 is 9.59 Å². The maximum atomic E-state index is 12.4. The lowest BCUT2D eigenvalue weighted by molar-refractivity contribution is -0.115. The predicted octanol–water partition coefficient (Wildman–Crippen LogP) is 4.08. The van der Waals surface area contributed by atoms with Crippen LogP contribution in [0.4, 0.5) is 5.69 Å². The van der Waals surface area contributed by atoms with Gasteiger partial charge in [0.25, 0.3) is 5.91 Å². The van der Waals surface area contributed by atoms with Gasteiger partial charge in [-0.25, -0.2) is 4.98 Å². The zero-order valence-corrected chi connectivity index (χ0v) is 17.5. The first-order valence-corrected chi connectivity index (χ1v) is 10.3. The van der Waals surface area contributed by atoms with Gasteiger partial charge in [-0.05, 0) is 48.7 Å². The summed E-state index contributed by atoms with van der Waals surface area (Å²) in [6.45, 7) is 6.60. The molecule has 2 N–H and O–H groups in total. The summed E-state index contributed by atoms with van der Waals surface area (Å²) in [7, 11) is 0. The van der Waals surface area contributed by atoms with E-state index in [1.807, 2.05) is 44.4 Å². The van der Waals surface area contributed by atoms with Gasteiger partial charge in [0.2, 0.25) is 5.91 Å². The number of carbonyl (C=O) groups is 2. The second kappa shape index (κ2) is 9.43.